The Balaban J connectivity index is 1.69. The second-order valence-corrected chi connectivity index (χ2v) is 4.86. The maximum Gasteiger partial charge on any atom is 0.125 e. The Labute approximate surface area is 123 Å². The van der Waals surface area contributed by atoms with Crippen LogP contribution in [0.5, 0.6) is 0 Å². The van der Waals surface area contributed by atoms with Crippen molar-refractivity contribution in [3.8, 4) is 0 Å². The molecule has 0 bridgehead atoms. The lowest BCUT2D eigenvalue weighted by Gasteiger charge is -2.08. The number of nitrogens with zero attached hydrogens (tertiary/aromatic N) is 1. The van der Waals surface area contributed by atoms with Gasteiger partial charge in [0.05, 0.1) is 0 Å². The molecule has 2 nitrogen and oxygen atoms in total. The molecule has 0 spiro atoms. The molecular weight excluding hydrogens is 263 g/mol. The second kappa shape index (κ2) is 6.18. The fourth-order valence-electron chi connectivity index (χ4n) is 2.18. The maximum absolute atomic E-state index is 13.1. The predicted molar refractivity (Wildman–Crippen MR) is 83.2 cm³/mol. The van der Waals surface area contributed by atoms with E-state index in [0.717, 1.165) is 17.8 Å². The van der Waals surface area contributed by atoms with Gasteiger partial charge in [-0.1, -0.05) is 18.2 Å². The average molecular weight is 278 g/mol. The lowest BCUT2D eigenvalue weighted by molar-refractivity contribution is 0.628. The monoisotopic (exact) mass is 278 g/mol. The smallest absolute Gasteiger partial charge is 0.125 e. The molecule has 21 heavy (non-hydrogen) atoms. The van der Waals surface area contributed by atoms with Crippen LogP contribution in [0.3, 0.4) is 0 Å². The van der Waals surface area contributed by atoms with Crippen molar-refractivity contribution in [2.75, 3.05) is 5.32 Å². The number of nitrogens with one attached hydrogen (secondary N) is 1. The molecule has 3 rings (SSSR count). The normalized spacial score (nSPS) is 10.3. The van der Waals surface area contributed by atoms with E-state index in [1.54, 1.807) is 18.5 Å². The molecule has 0 saturated carbocycles. The van der Waals surface area contributed by atoms with Gasteiger partial charge in [0.15, 0.2) is 0 Å². The van der Waals surface area contributed by atoms with E-state index in [-0.39, 0.29) is 5.82 Å². The van der Waals surface area contributed by atoms with Crippen LogP contribution in [0, 0.1) is 5.82 Å². The summed E-state index contributed by atoms with van der Waals surface area (Å²) in [6.45, 7) is 0. The van der Waals surface area contributed by atoms with E-state index in [0.29, 0.717) is 0 Å². The number of rotatable bonds is 4. The first-order valence-electron chi connectivity index (χ1n) is 6.80. The van der Waals surface area contributed by atoms with Gasteiger partial charge in [-0.15, -0.1) is 0 Å². The van der Waals surface area contributed by atoms with Crippen molar-refractivity contribution >= 4 is 11.4 Å². The molecule has 2 aromatic carbocycles. The van der Waals surface area contributed by atoms with Crippen molar-refractivity contribution < 1.29 is 4.39 Å². The number of hydrogen-bond donors (Lipinski definition) is 1. The van der Waals surface area contributed by atoms with E-state index in [1.165, 1.54) is 23.3 Å². The molecule has 0 aliphatic rings. The van der Waals surface area contributed by atoms with Crippen molar-refractivity contribution in [2.24, 2.45) is 0 Å². The minimum absolute atomic E-state index is 0.241. The quantitative estimate of drug-likeness (QED) is 0.757. The zero-order chi connectivity index (χ0) is 14.5. The van der Waals surface area contributed by atoms with Crippen molar-refractivity contribution in [3.63, 3.8) is 0 Å². The summed E-state index contributed by atoms with van der Waals surface area (Å²) in [5.41, 5.74) is 4.15. The Hall–Kier alpha value is -2.68. The van der Waals surface area contributed by atoms with Gasteiger partial charge >= 0.3 is 0 Å². The minimum atomic E-state index is -0.241. The van der Waals surface area contributed by atoms with Gasteiger partial charge in [0.2, 0.25) is 0 Å². The summed E-state index contributed by atoms with van der Waals surface area (Å²) in [5, 5.41) is 3.19. The summed E-state index contributed by atoms with van der Waals surface area (Å²) in [4.78, 5) is 4.01. The molecule has 0 aliphatic carbocycles. The Bertz CT molecular complexity index is 709. The first-order valence-corrected chi connectivity index (χ1v) is 6.80. The summed E-state index contributed by atoms with van der Waals surface area (Å²) in [6, 6.07) is 18.6. The van der Waals surface area contributed by atoms with Gasteiger partial charge in [0.25, 0.3) is 0 Å². The summed E-state index contributed by atoms with van der Waals surface area (Å²) >= 11 is 0. The Kier molecular flexibility index (Phi) is 3.92. The van der Waals surface area contributed by atoms with Crippen molar-refractivity contribution in [3.05, 3.63) is 90.0 Å². The Morgan fingerprint density at radius 2 is 1.52 bits per heavy atom. The van der Waals surface area contributed by atoms with E-state index >= 15 is 0 Å². The third-order valence-electron chi connectivity index (χ3n) is 3.22. The van der Waals surface area contributed by atoms with E-state index in [1.807, 2.05) is 30.3 Å². The molecule has 104 valence electrons. The molecule has 0 atom stereocenters. The third kappa shape index (κ3) is 3.66. The van der Waals surface area contributed by atoms with Gasteiger partial charge < -0.3 is 5.32 Å². The van der Waals surface area contributed by atoms with Crippen LogP contribution < -0.4 is 5.32 Å². The van der Waals surface area contributed by atoms with Gasteiger partial charge in [-0.3, -0.25) is 4.98 Å². The molecular formula is C18H15FN2. The van der Waals surface area contributed by atoms with Crippen LogP contribution in [0.4, 0.5) is 15.8 Å². The van der Waals surface area contributed by atoms with E-state index in [9.17, 15) is 4.39 Å². The first kappa shape index (κ1) is 13.3. The van der Waals surface area contributed by atoms with E-state index in [4.69, 9.17) is 0 Å². The summed E-state index contributed by atoms with van der Waals surface area (Å²) in [6.07, 6.45) is 4.48. The first-order chi connectivity index (χ1) is 10.3. The number of halogens is 1. The van der Waals surface area contributed by atoms with E-state index < -0.39 is 0 Å². The van der Waals surface area contributed by atoms with Gasteiger partial charge in [-0.05, 0) is 60.0 Å². The lowest BCUT2D eigenvalue weighted by Crippen LogP contribution is -1.92. The van der Waals surface area contributed by atoms with Gasteiger partial charge in [0, 0.05) is 23.8 Å². The van der Waals surface area contributed by atoms with Gasteiger partial charge in [0.1, 0.15) is 5.82 Å². The van der Waals surface area contributed by atoms with E-state index in [2.05, 4.69) is 22.4 Å². The molecule has 0 fully saturated rings. The van der Waals surface area contributed by atoms with Crippen LogP contribution in [0.2, 0.25) is 0 Å². The highest BCUT2D eigenvalue weighted by Gasteiger charge is 1.99. The highest BCUT2D eigenvalue weighted by Crippen LogP contribution is 2.19. The molecule has 0 saturated heterocycles. The molecule has 0 aliphatic heterocycles. The molecule has 0 unspecified atom stereocenters. The average Bonchev–Trinajstić information content (AvgIpc) is 2.50. The Morgan fingerprint density at radius 3 is 2.24 bits per heavy atom. The molecule has 1 N–H and O–H groups in total. The van der Waals surface area contributed by atoms with Crippen LogP contribution in [0.25, 0.3) is 0 Å². The molecule has 0 radical (unpaired) electrons. The fourth-order valence-corrected chi connectivity index (χ4v) is 2.18. The standard InChI is InChI=1S/C18H15FN2/c19-16-2-1-3-18(13-16)21-17-6-4-14(5-7-17)12-15-8-10-20-11-9-15/h1-11,13,21H,12H2. The molecule has 1 aromatic heterocycles. The SMILES string of the molecule is Fc1cccc(Nc2ccc(Cc3ccncc3)cc2)c1. The largest absolute Gasteiger partial charge is 0.355 e. The number of benzene rings is 2. The number of anilines is 2. The highest BCUT2D eigenvalue weighted by molar-refractivity contribution is 5.59. The van der Waals surface area contributed by atoms with Crippen molar-refractivity contribution in [1.82, 2.24) is 4.98 Å². The highest BCUT2D eigenvalue weighted by atomic mass is 19.1. The summed E-state index contributed by atoms with van der Waals surface area (Å²) < 4.78 is 13.1. The maximum atomic E-state index is 13.1. The number of aromatic nitrogens is 1. The molecule has 3 heteroatoms. The Morgan fingerprint density at radius 1 is 0.810 bits per heavy atom. The van der Waals surface area contributed by atoms with Gasteiger partial charge in [-0.2, -0.15) is 0 Å². The number of hydrogen-bond acceptors (Lipinski definition) is 2. The van der Waals surface area contributed by atoms with Crippen LogP contribution in [0.1, 0.15) is 11.1 Å². The lowest BCUT2D eigenvalue weighted by atomic mass is 10.1. The predicted octanol–water partition coefficient (Wildman–Crippen LogP) is 4.56. The third-order valence-corrected chi connectivity index (χ3v) is 3.22. The minimum Gasteiger partial charge on any atom is -0.355 e. The van der Waals surface area contributed by atoms with Crippen LogP contribution in [0.15, 0.2) is 73.1 Å². The molecule has 1 heterocycles. The van der Waals surface area contributed by atoms with Crippen LogP contribution in [-0.4, -0.2) is 4.98 Å². The molecule has 3 aromatic rings. The van der Waals surface area contributed by atoms with Gasteiger partial charge in [-0.25, -0.2) is 4.39 Å². The fraction of sp³-hybridized carbons (Fsp3) is 0.0556. The topological polar surface area (TPSA) is 24.9 Å². The second-order valence-electron chi connectivity index (χ2n) is 4.86. The summed E-state index contributed by atoms with van der Waals surface area (Å²) in [5.74, 6) is -0.241. The van der Waals surface area contributed by atoms with Crippen molar-refractivity contribution in [1.29, 1.82) is 0 Å². The zero-order valence-corrected chi connectivity index (χ0v) is 11.5. The summed E-state index contributed by atoms with van der Waals surface area (Å²) in [7, 11) is 0. The van der Waals surface area contributed by atoms with Crippen LogP contribution in [-0.2, 0) is 6.42 Å². The molecule has 0 amide bonds. The number of pyridine rings is 1. The zero-order valence-electron chi connectivity index (χ0n) is 11.5. The van der Waals surface area contributed by atoms with Crippen molar-refractivity contribution in [2.45, 2.75) is 6.42 Å². The van der Waals surface area contributed by atoms with Crippen LogP contribution >= 0.6 is 0 Å².